The Morgan fingerprint density at radius 2 is 1.88 bits per heavy atom. The van der Waals surface area contributed by atoms with Crippen LogP contribution in [0.25, 0.3) is 0 Å². The summed E-state index contributed by atoms with van der Waals surface area (Å²) in [4.78, 5) is 18.5. The number of anilines is 1. The van der Waals surface area contributed by atoms with Gasteiger partial charge in [-0.15, -0.1) is 0 Å². The highest BCUT2D eigenvalue weighted by molar-refractivity contribution is 5.92. The Bertz CT molecular complexity index is 671. The minimum absolute atomic E-state index is 0.0204. The van der Waals surface area contributed by atoms with Gasteiger partial charge in [0, 0.05) is 13.1 Å². The van der Waals surface area contributed by atoms with E-state index >= 15 is 0 Å². The molecule has 0 unspecified atom stereocenters. The highest BCUT2D eigenvalue weighted by atomic mass is 16.2. The molecule has 2 heterocycles. The second kappa shape index (κ2) is 7.47. The Kier molecular flexibility index (Phi) is 5.14. The molecular formula is C20H25N3O. The Morgan fingerprint density at radius 1 is 1.17 bits per heavy atom. The minimum atomic E-state index is 0.0204. The second-order valence-electron chi connectivity index (χ2n) is 6.74. The molecule has 1 aliphatic rings. The highest BCUT2D eigenvalue weighted by Crippen LogP contribution is 2.23. The monoisotopic (exact) mass is 323 g/mol. The molecule has 0 aliphatic carbocycles. The highest BCUT2D eigenvalue weighted by Gasteiger charge is 2.24. The predicted molar refractivity (Wildman–Crippen MR) is 96.8 cm³/mol. The normalized spacial score (nSPS) is 15.5. The lowest BCUT2D eigenvalue weighted by Gasteiger charge is -2.32. The van der Waals surface area contributed by atoms with Crippen LogP contribution in [0.15, 0.2) is 42.6 Å². The van der Waals surface area contributed by atoms with Crippen LogP contribution in [0, 0.1) is 12.8 Å². The number of hydrogen-bond donors (Lipinski definition) is 1. The average Bonchev–Trinajstić information content (AvgIpc) is 2.62. The first-order valence-corrected chi connectivity index (χ1v) is 8.68. The van der Waals surface area contributed by atoms with Crippen molar-refractivity contribution in [3.8, 4) is 0 Å². The number of rotatable bonds is 4. The first kappa shape index (κ1) is 16.5. The van der Waals surface area contributed by atoms with Gasteiger partial charge in [-0.2, -0.15) is 0 Å². The SMILES string of the molecule is Cc1ccc(CCC2CCN(C(=O)c3ccc(N)cn3)CC2)cc1. The number of nitrogens with zero attached hydrogens (tertiary/aromatic N) is 2. The molecule has 2 N–H and O–H groups in total. The Labute approximate surface area is 143 Å². The van der Waals surface area contributed by atoms with Gasteiger partial charge in [0.2, 0.25) is 0 Å². The zero-order chi connectivity index (χ0) is 16.9. The van der Waals surface area contributed by atoms with E-state index in [-0.39, 0.29) is 5.91 Å². The van der Waals surface area contributed by atoms with Crippen molar-refractivity contribution in [2.75, 3.05) is 18.8 Å². The molecule has 0 spiro atoms. The van der Waals surface area contributed by atoms with Crippen LogP contribution in [0.2, 0.25) is 0 Å². The van der Waals surface area contributed by atoms with Crippen molar-refractivity contribution >= 4 is 11.6 Å². The molecule has 1 aliphatic heterocycles. The van der Waals surface area contributed by atoms with Crippen molar-refractivity contribution < 1.29 is 4.79 Å². The third kappa shape index (κ3) is 4.13. The predicted octanol–water partition coefficient (Wildman–Crippen LogP) is 3.46. The number of carbonyl (C=O) groups is 1. The third-order valence-corrected chi connectivity index (χ3v) is 4.87. The molecular weight excluding hydrogens is 298 g/mol. The van der Waals surface area contributed by atoms with Crippen molar-refractivity contribution in [3.63, 3.8) is 0 Å². The summed E-state index contributed by atoms with van der Waals surface area (Å²) in [5.74, 6) is 0.724. The average molecular weight is 323 g/mol. The van der Waals surface area contributed by atoms with Crippen LogP contribution in [0.4, 0.5) is 5.69 Å². The summed E-state index contributed by atoms with van der Waals surface area (Å²) in [5.41, 5.74) is 9.41. The Morgan fingerprint density at radius 3 is 2.50 bits per heavy atom. The lowest BCUT2D eigenvalue weighted by molar-refractivity contribution is 0.0681. The summed E-state index contributed by atoms with van der Waals surface area (Å²) in [6.45, 7) is 3.76. The first-order chi connectivity index (χ1) is 11.6. The Hall–Kier alpha value is -2.36. The number of carbonyl (C=O) groups excluding carboxylic acids is 1. The molecule has 1 aromatic carbocycles. The molecule has 3 rings (SSSR count). The molecule has 24 heavy (non-hydrogen) atoms. The fourth-order valence-corrected chi connectivity index (χ4v) is 3.24. The van der Waals surface area contributed by atoms with Gasteiger partial charge in [0.05, 0.1) is 11.9 Å². The van der Waals surface area contributed by atoms with Crippen LogP contribution in [0.1, 0.15) is 40.9 Å². The fraction of sp³-hybridized carbons (Fsp3) is 0.400. The molecule has 0 atom stereocenters. The van der Waals surface area contributed by atoms with Crippen LogP contribution >= 0.6 is 0 Å². The van der Waals surface area contributed by atoms with E-state index < -0.39 is 0 Å². The van der Waals surface area contributed by atoms with Gasteiger partial charge in [0.1, 0.15) is 5.69 Å². The molecule has 4 heteroatoms. The first-order valence-electron chi connectivity index (χ1n) is 8.68. The second-order valence-corrected chi connectivity index (χ2v) is 6.74. The number of aryl methyl sites for hydroxylation is 2. The number of aromatic nitrogens is 1. The van der Waals surface area contributed by atoms with E-state index in [2.05, 4.69) is 36.2 Å². The molecule has 0 radical (unpaired) electrons. The summed E-state index contributed by atoms with van der Waals surface area (Å²) < 4.78 is 0. The van der Waals surface area contributed by atoms with Gasteiger partial charge in [-0.3, -0.25) is 4.79 Å². The molecule has 126 valence electrons. The third-order valence-electron chi connectivity index (χ3n) is 4.87. The maximum Gasteiger partial charge on any atom is 0.272 e. The van der Waals surface area contributed by atoms with E-state index in [1.807, 2.05) is 4.90 Å². The number of benzene rings is 1. The van der Waals surface area contributed by atoms with Crippen molar-refractivity contribution in [1.82, 2.24) is 9.88 Å². The molecule has 1 saturated heterocycles. The molecule has 0 saturated carbocycles. The number of pyridine rings is 1. The van der Waals surface area contributed by atoms with Crippen molar-refractivity contribution in [2.24, 2.45) is 5.92 Å². The topological polar surface area (TPSA) is 59.2 Å². The largest absolute Gasteiger partial charge is 0.397 e. The molecule has 2 aromatic rings. The van der Waals surface area contributed by atoms with Crippen LogP contribution in [0.3, 0.4) is 0 Å². The summed E-state index contributed by atoms with van der Waals surface area (Å²) in [6.07, 6.45) is 6.02. The lowest BCUT2D eigenvalue weighted by atomic mass is 9.90. The molecule has 1 fully saturated rings. The van der Waals surface area contributed by atoms with Gasteiger partial charge in [-0.05, 0) is 56.2 Å². The minimum Gasteiger partial charge on any atom is -0.397 e. The van der Waals surface area contributed by atoms with Crippen LogP contribution in [-0.4, -0.2) is 28.9 Å². The molecule has 0 bridgehead atoms. The van der Waals surface area contributed by atoms with Crippen LogP contribution in [0.5, 0.6) is 0 Å². The maximum absolute atomic E-state index is 12.5. The van der Waals surface area contributed by atoms with Gasteiger partial charge in [0.15, 0.2) is 0 Å². The zero-order valence-electron chi connectivity index (χ0n) is 14.2. The number of amides is 1. The number of likely N-dealkylation sites (tertiary alicyclic amines) is 1. The standard InChI is InChI=1S/C20H25N3O/c1-15-2-4-16(5-3-15)6-7-17-10-12-23(13-11-17)20(24)19-9-8-18(21)14-22-19/h2-5,8-9,14,17H,6-7,10-13,21H2,1H3. The molecule has 4 nitrogen and oxygen atoms in total. The van der Waals surface area contributed by atoms with E-state index in [0.29, 0.717) is 17.3 Å². The van der Waals surface area contributed by atoms with E-state index in [1.54, 1.807) is 18.3 Å². The molecule has 1 aromatic heterocycles. The number of piperidine rings is 1. The lowest BCUT2D eigenvalue weighted by Crippen LogP contribution is -2.38. The van der Waals surface area contributed by atoms with Crippen molar-refractivity contribution in [2.45, 2.75) is 32.6 Å². The summed E-state index contributed by atoms with van der Waals surface area (Å²) in [5, 5.41) is 0. The van der Waals surface area contributed by atoms with Gasteiger partial charge in [0.25, 0.3) is 5.91 Å². The Balaban J connectivity index is 1.47. The van der Waals surface area contributed by atoms with E-state index in [4.69, 9.17) is 5.73 Å². The van der Waals surface area contributed by atoms with E-state index in [0.717, 1.165) is 32.4 Å². The maximum atomic E-state index is 12.5. The summed E-state index contributed by atoms with van der Waals surface area (Å²) in [6, 6.07) is 12.2. The van der Waals surface area contributed by atoms with Crippen LogP contribution < -0.4 is 5.73 Å². The fourth-order valence-electron chi connectivity index (χ4n) is 3.24. The number of hydrogen-bond acceptors (Lipinski definition) is 3. The summed E-state index contributed by atoms with van der Waals surface area (Å²) >= 11 is 0. The van der Waals surface area contributed by atoms with Gasteiger partial charge >= 0.3 is 0 Å². The van der Waals surface area contributed by atoms with E-state index in [9.17, 15) is 4.79 Å². The smallest absolute Gasteiger partial charge is 0.272 e. The summed E-state index contributed by atoms with van der Waals surface area (Å²) in [7, 11) is 0. The van der Waals surface area contributed by atoms with Gasteiger partial charge in [-0.25, -0.2) is 4.98 Å². The number of nitrogen functional groups attached to an aromatic ring is 1. The molecule has 1 amide bonds. The quantitative estimate of drug-likeness (QED) is 0.937. The van der Waals surface area contributed by atoms with Crippen molar-refractivity contribution in [3.05, 3.63) is 59.4 Å². The van der Waals surface area contributed by atoms with Gasteiger partial charge < -0.3 is 10.6 Å². The van der Waals surface area contributed by atoms with Gasteiger partial charge in [-0.1, -0.05) is 29.8 Å². The van der Waals surface area contributed by atoms with E-state index in [1.165, 1.54) is 17.5 Å². The van der Waals surface area contributed by atoms with Crippen LogP contribution in [-0.2, 0) is 6.42 Å². The van der Waals surface area contributed by atoms with Crippen molar-refractivity contribution in [1.29, 1.82) is 0 Å². The zero-order valence-corrected chi connectivity index (χ0v) is 14.2. The number of nitrogens with two attached hydrogens (primary N) is 1.